The molecule has 142 valence electrons. The van der Waals surface area contributed by atoms with E-state index < -0.39 is 12.0 Å². The van der Waals surface area contributed by atoms with Crippen LogP contribution in [0.2, 0.25) is 0 Å². The van der Waals surface area contributed by atoms with Crippen molar-refractivity contribution in [2.45, 2.75) is 12.5 Å². The number of nitrogens with zero attached hydrogens (tertiary/aromatic N) is 3. The molecule has 1 unspecified atom stereocenters. The van der Waals surface area contributed by atoms with E-state index in [0.29, 0.717) is 34.4 Å². The minimum Gasteiger partial charge on any atom is -0.382 e. The van der Waals surface area contributed by atoms with Crippen LogP contribution in [0.1, 0.15) is 26.9 Å². The first-order valence-electron chi connectivity index (χ1n) is 8.91. The predicted molar refractivity (Wildman–Crippen MR) is 110 cm³/mol. The van der Waals surface area contributed by atoms with Crippen LogP contribution in [0, 0.1) is 0 Å². The molecule has 0 saturated heterocycles. The van der Waals surface area contributed by atoms with Gasteiger partial charge in [-0.1, -0.05) is 24.3 Å². The lowest BCUT2D eigenvalue weighted by molar-refractivity contribution is 0.101. The van der Waals surface area contributed by atoms with Crippen LogP contribution in [0.15, 0.2) is 64.0 Å². The maximum atomic E-state index is 12.9. The minimum atomic E-state index is -0.898. The number of thiophene rings is 1. The highest BCUT2D eigenvalue weighted by molar-refractivity contribution is 7.13. The Labute approximate surface area is 168 Å². The van der Waals surface area contributed by atoms with Crippen molar-refractivity contribution in [3.8, 4) is 11.4 Å². The smallest absolute Gasteiger partial charge is 0.289 e. The van der Waals surface area contributed by atoms with Crippen LogP contribution in [0.4, 0.5) is 0 Å². The number of hydrogen-bond donors (Lipinski definition) is 2. The number of aromatic nitrogens is 3. The van der Waals surface area contributed by atoms with E-state index in [2.05, 4.69) is 19.9 Å². The van der Waals surface area contributed by atoms with Crippen LogP contribution >= 0.6 is 11.3 Å². The van der Waals surface area contributed by atoms with E-state index in [1.165, 1.54) is 0 Å². The molecule has 2 N–H and O–H groups in total. The monoisotopic (exact) mass is 402 g/mol. The van der Waals surface area contributed by atoms with Crippen molar-refractivity contribution in [2.24, 2.45) is 4.99 Å². The molecule has 3 heterocycles. The fourth-order valence-electron chi connectivity index (χ4n) is 3.45. The number of aliphatic imine (C=N–C) groups is 1. The van der Waals surface area contributed by atoms with Gasteiger partial charge in [0.05, 0.1) is 11.1 Å². The van der Waals surface area contributed by atoms with E-state index >= 15 is 0 Å². The summed E-state index contributed by atoms with van der Waals surface area (Å²) in [4.78, 5) is 41.0. The second-order valence-corrected chi connectivity index (χ2v) is 7.54. The zero-order chi connectivity index (χ0) is 20.0. The number of benzene rings is 1. The Bertz CT molecular complexity index is 1340. The Balaban J connectivity index is 1.56. The van der Waals surface area contributed by atoms with Gasteiger partial charge in [-0.3, -0.25) is 14.6 Å². The molecule has 0 bridgehead atoms. The molecular weight excluding hydrogens is 388 g/mol. The van der Waals surface area contributed by atoms with E-state index in [0.717, 1.165) is 22.5 Å². The van der Waals surface area contributed by atoms with Crippen LogP contribution < -0.4 is 5.56 Å². The molecule has 3 aromatic heterocycles. The number of aromatic amines is 1. The van der Waals surface area contributed by atoms with Crippen molar-refractivity contribution in [3.63, 3.8) is 0 Å². The zero-order valence-corrected chi connectivity index (χ0v) is 15.8. The number of aliphatic hydroxyl groups excluding tert-OH is 1. The normalized spacial score (nSPS) is 17.0. The maximum absolute atomic E-state index is 12.9. The van der Waals surface area contributed by atoms with Gasteiger partial charge in [-0.25, -0.2) is 9.98 Å². The summed E-state index contributed by atoms with van der Waals surface area (Å²) in [5, 5.41) is 12.4. The van der Waals surface area contributed by atoms with E-state index in [9.17, 15) is 14.7 Å². The number of hydrogen-bond acceptors (Lipinski definition) is 6. The molecule has 8 heteroatoms. The van der Waals surface area contributed by atoms with Gasteiger partial charge in [0.1, 0.15) is 22.3 Å². The minimum absolute atomic E-state index is 0.275. The molecule has 1 aliphatic rings. The maximum Gasteiger partial charge on any atom is 0.289 e. The van der Waals surface area contributed by atoms with Crippen molar-refractivity contribution in [1.29, 1.82) is 0 Å². The molecule has 1 aliphatic carbocycles. The van der Waals surface area contributed by atoms with Crippen molar-refractivity contribution < 1.29 is 9.90 Å². The highest BCUT2D eigenvalue weighted by atomic mass is 32.1. The summed E-state index contributed by atoms with van der Waals surface area (Å²) in [5.74, 6) is -0.149. The summed E-state index contributed by atoms with van der Waals surface area (Å²) >= 11 is 1.12. The van der Waals surface area contributed by atoms with E-state index in [-0.39, 0.29) is 10.4 Å². The number of carbonyl (C=O) groups excluding carboxylic acids is 1. The van der Waals surface area contributed by atoms with E-state index in [4.69, 9.17) is 0 Å². The lowest BCUT2D eigenvalue weighted by atomic mass is 10.1. The molecule has 1 amide bonds. The zero-order valence-electron chi connectivity index (χ0n) is 15.0. The third-order valence-electron chi connectivity index (χ3n) is 4.90. The van der Waals surface area contributed by atoms with E-state index in [1.54, 1.807) is 29.9 Å². The van der Waals surface area contributed by atoms with Crippen LogP contribution in [0.5, 0.6) is 0 Å². The SMILES string of the molecule is O=C(/N=C1\Cc2ccccc2C1O)c1scc2c(=O)[nH]c(-c3ccncc3)nc12. The Morgan fingerprint density at radius 1 is 1.21 bits per heavy atom. The highest BCUT2D eigenvalue weighted by Crippen LogP contribution is 2.30. The average molecular weight is 402 g/mol. The second kappa shape index (κ2) is 6.84. The lowest BCUT2D eigenvalue weighted by Gasteiger charge is -2.04. The van der Waals surface area contributed by atoms with Gasteiger partial charge in [-0.05, 0) is 23.3 Å². The van der Waals surface area contributed by atoms with Crippen LogP contribution in [0.3, 0.4) is 0 Å². The molecule has 1 aromatic carbocycles. The Kier molecular flexibility index (Phi) is 4.15. The largest absolute Gasteiger partial charge is 0.382 e. The highest BCUT2D eigenvalue weighted by Gasteiger charge is 2.28. The molecule has 0 aliphatic heterocycles. The molecule has 1 atom stereocenters. The first-order valence-corrected chi connectivity index (χ1v) is 9.79. The predicted octanol–water partition coefficient (Wildman–Crippen LogP) is 2.92. The Morgan fingerprint density at radius 3 is 2.79 bits per heavy atom. The molecule has 0 spiro atoms. The van der Waals surface area contributed by atoms with Gasteiger partial charge in [0, 0.05) is 29.8 Å². The van der Waals surface area contributed by atoms with Crippen LogP contribution in [-0.4, -0.2) is 31.7 Å². The number of amides is 1. The molecule has 29 heavy (non-hydrogen) atoms. The fraction of sp³-hybridized carbons (Fsp3) is 0.0952. The number of nitrogens with one attached hydrogen (secondary N) is 1. The van der Waals surface area contributed by atoms with Crippen LogP contribution in [-0.2, 0) is 6.42 Å². The van der Waals surface area contributed by atoms with Gasteiger partial charge in [0.25, 0.3) is 11.5 Å². The third-order valence-corrected chi connectivity index (χ3v) is 5.85. The topological polar surface area (TPSA) is 108 Å². The molecule has 0 saturated carbocycles. The standard InChI is InChI=1S/C21H14N4O3S/c26-17-13-4-2-1-3-12(13)9-15(17)23-21(28)18-16-14(10-29-18)20(27)25-19(24-16)11-5-7-22-8-6-11/h1-8,10,17,26H,9H2,(H,24,25,27)/b23-15+. The van der Waals surface area contributed by atoms with E-state index in [1.807, 2.05) is 24.3 Å². The quantitative estimate of drug-likeness (QED) is 0.536. The van der Waals surface area contributed by atoms with Crippen molar-refractivity contribution in [3.05, 3.63) is 80.5 Å². The van der Waals surface area contributed by atoms with Gasteiger partial charge in [0.2, 0.25) is 0 Å². The number of H-pyrrole nitrogens is 1. The van der Waals surface area contributed by atoms with Gasteiger partial charge in [0.15, 0.2) is 0 Å². The fourth-order valence-corrected chi connectivity index (χ4v) is 4.32. The number of fused-ring (bicyclic) bond motifs is 2. The number of aliphatic hydroxyl groups is 1. The summed E-state index contributed by atoms with van der Waals surface area (Å²) in [6.07, 6.45) is 2.72. The summed E-state index contributed by atoms with van der Waals surface area (Å²) < 4.78 is 0. The Morgan fingerprint density at radius 2 is 2.00 bits per heavy atom. The number of rotatable bonds is 2. The average Bonchev–Trinajstić information content (AvgIpc) is 3.31. The molecule has 0 fully saturated rings. The number of pyridine rings is 1. The summed E-state index contributed by atoms with van der Waals surface area (Å²) in [6, 6.07) is 10.9. The first kappa shape index (κ1) is 17.6. The van der Waals surface area contributed by atoms with Crippen molar-refractivity contribution in [1.82, 2.24) is 15.0 Å². The van der Waals surface area contributed by atoms with Gasteiger partial charge >= 0.3 is 0 Å². The van der Waals surface area contributed by atoms with Crippen molar-refractivity contribution >= 4 is 33.9 Å². The Hall–Kier alpha value is -3.49. The summed E-state index contributed by atoms with van der Waals surface area (Å²) in [6.45, 7) is 0. The van der Waals surface area contributed by atoms with Gasteiger partial charge in [-0.15, -0.1) is 11.3 Å². The van der Waals surface area contributed by atoms with Gasteiger partial charge < -0.3 is 10.1 Å². The first-order chi connectivity index (χ1) is 14.1. The molecule has 5 rings (SSSR count). The molecule has 0 radical (unpaired) electrons. The molecule has 4 aromatic rings. The van der Waals surface area contributed by atoms with Crippen molar-refractivity contribution in [2.75, 3.05) is 0 Å². The third kappa shape index (κ3) is 2.98. The summed E-state index contributed by atoms with van der Waals surface area (Å²) in [5.41, 5.74) is 2.80. The second-order valence-electron chi connectivity index (χ2n) is 6.66. The lowest BCUT2D eigenvalue weighted by Crippen LogP contribution is -2.11. The summed E-state index contributed by atoms with van der Waals surface area (Å²) in [7, 11) is 0. The molecule has 7 nitrogen and oxygen atoms in total. The van der Waals surface area contributed by atoms with Gasteiger partial charge in [-0.2, -0.15) is 0 Å². The van der Waals surface area contributed by atoms with Crippen LogP contribution in [0.25, 0.3) is 22.3 Å². The number of carbonyl (C=O) groups is 1. The molecular formula is C21H14N4O3S.